The van der Waals surface area contributed by atoms with Crippen LogP contribution in [0.3, 0.4) is 0 Å². The van der Waals surface area contributed by atoms with Crippen molar-refractivity contribution in [2.75, 3.05) is 0 Å². The summed E-state index contributed by atoms with van der Waals surface area (Å²) in [6, 6.07) is 0. The quantitative estimate of drug-likeness (QED) is 0.539. The molecule has 2 fully saturated rings. The Morgan fingerprint density at radius 1 is 0.818 bits per heavy atom. The summed E-state index contributed by atoms with van der Waals surface area (Å²) in [6.07, 6.45) is 7.59. The zero-order valence-electron chi connectivity index (χ0n) is 7.84. The van der Waals surface area contributed by atoms with Crippen molar-refractivity contribution >= 4 is 0 Å². The zero-order valence-corrected chi connectivity index (χ0v) is 7.84. The molecule has 2 rings (SSSR count). The van der Waals surface area contributed by atoms with Crippen LogP contribution < -0.4 is 0 Å². The summed E-state index contributed by atoms with van der Waals surface area (Å²) >= 11 is 0. The fourth-order valence-corrected chi connectivity index (χ4v) is 2.93. The third-order valence-corrected chi connectivity index (χ3v) is 3.90. The zero-order chi connectivity index (χ0) is 7.84. The minimum absolute atomic E-state index is 1.04. The number of hydrogen-bond donors (Lipinski definition) is 0. The first-order chi connectivity index (χ1) is 5.29. The molecule has 2 saturated carbocycles. The molecule has 2 aliphatic rings. The maximum Gasteiger partial charge on any atom is -0.0355 e. The highest BCUT2D eigenvalue weighted by molar-refractivity contribution is 4.91. The smallest absolute Gasteiger partial charge is 0.0355 e. The van der Waals surface area contributed by atoms with Crippen LogP contribution in [0.5, 0.6) is 0 Å². The third-order valence-electron chi connectivity index (χ3n) is 3.90. The van der Waals surface area contributed by atoms with Crippen LogP contribution in [0.15, 0.2) is 0 Å². The van der Waals surface area contributed by atoms with E-state index >= 15 is 0 Å². The van der Waals surface area contributed by atoms with Gasteiger partial charge in [-0.1, -0.05) is 33.1 Å². The Hall–Kier alpha value is 0. The molecule has 2 aliphatic carbocycles. The van der Waals surface area contributed by atoms with Gasteiger partial charge in [0.05, 0.1) is 0 Å². The Morgan fingerprint density at radius 2 is 1.45 bits per heavy atom. The largest absolute Gasteiger partial charge is 0.0622 e. The average Bonchev–Trinajstić information content (AvgIpc) is 2.68. The van der Waals surface area contributed by atoms with Crippen molar-refractivity contribution in [3.05, 3.63) is 0 Å². The normalized spacial score (nSPS) is 50.7. The number of rotatable bonds is 1. The Labute approximate surface area is 70.4 Å². The summed E-state index contributed by atoms with van der Waals surface area (Å²) < 4.78 is 0. The molecule has 0 N–H and O–H groups in total. The summed E-state index contributed by atoms with van der Waals surface area (Å²) in [7, 11) is 0. The van der Waals surface area contributed by atoms with Crippen molar-refractivity contribution in [3.63, 3.8) is 0 Å². The first kappa shape index (κ1) is 7.64. The van der Waals surface area contributed by atoms with Gasteiger partial charge in [-0.15, -0.1) is 0 Å². The van der Waals surface area contributed by atoms with E-state index in [0.717, 1.165) is 23.7 Å². The third kappa shape index (κ3) is 1.45. The van der Waals surface area contributed by atoms with Gasteiger partial charge in [0, 0.05) is 0 Å². The van der Waals surface area contributed by atoms with Gasteiger partial charge in [0.25, 0.3) is 0 Å². The molecular formula is C11H20. The van der Waals surface area contributed by atoms with Gasteiger partial charge >= 0.3 is 0 Å². The second-order valence-electron chi connectivity index (χ2n) is 4.80. The highest BCUT2D eigenvalue weighted by atomic mass is 14.5. The summed E-state index contributed by atoms with van der Waals surface area (Å²) in [5, 5.41) is 0. The van der Waals surface area contributed by atoms with E-state index in [4.69, 9.17) is 0 Å². The van der Waals surface area contributed by atoms with Crippen LogP contribution in [0.2, 0.25) is 0 Å². The van der Waals surface area contributed by atoms with Crippen LogP contribution in [0, 0.1) is 23.7 Å². The fraction of sp³-hybridized carbons (Fsp3) is 1.00. The van der Waals surface area contributed by atoms with E-state index in [9.17, 15) is 0 Å². The molecule has 64 valence electrons. The van der Waals surface area contributed by atoms with Crippen molar-refractivity contribution in [2.24, 2.45) is 23.7 Å². The highest BCUT2D eigenvalue weighted by Crippen LogP contribution is 2.50. The predicted octanol–water partition coefficient (Wildman–Crippen LogP) is 3.47. The summed E-state index contributed by atoms with van der Waals surface area (Å²) in [5.41, 5.74) is 0. The lowest BCUT2D eigenvalue weighted by Crippen LogP contribution is -2.18. The summed E-state index contributed by atoms with van der Waals surface area (Å²) in [6.45, 7) is 4.89. The molecule has 0 radical (unpaired) electrons. The first-order valence-corrected chi connectivity index (χ1v) is 5.29. The lowest BCUT2D eigenvalue weighted by molar-refractivity contribution is 0.221. The lowest BCUT2D eigenvalue weighted by atomic mass is 9.77. The minimum atomic E-state index is 1.04. The topological polar surface area (TPSA) is 0 Å². The number of hydrogen-bond acceptors (Lipinski definition) is 0. The van der Waals surface area contributed by atoms with Crippen molar-refractivity contribution in [1.29, 1.82) is 0 Å². The highest BCUT2D eigenvalue weighted by Gasteiger charge is 2.41. The molecule has 0 heterocycles. The van der Waals surface area contributed by atoms with E-state index in [2.05, 4.69) is 13.8 Å². The van der Waals surface area contributed by atoms with E-state index in [1.165, 1.54) is 32.1 Å². The van der Waals surface area contributed by atoms with Gasteiger partial charge in [0.1, 0.15) is 0 Å². The molecule has 0 aromatic carbocycles. The fourth-order valence-electron chi connectivity index (χ4n) is 2.93. The first-order valence-electron chi connectivity index (χ1n) is 5.29. The van der Waals surface area contributed by atoms with E-state index in [0.29, 0.717) is 0 Å². The summed E-state index contributed by atoms with van der Waals surface area (Å²) in [5.74, 6) is 4.35. The Bertz CT molecular complexity index is 137. The van der Waals surface area contributed by atoms with Gasteiger partial charge in [-0.25, -0.2) is 0 Å². The van der Waals surface area contributed by atoms with Gasteiger partial charge in [0.2, 0.25) is 0 Å². The molecule has 0 bridgehead atoms. The monoisotopic (exact) mass is 152 g/mol. The summed E-state index contributed by atoms with van der Waals surface area (Å²) in [4.78, 5) is 0. The minimum Gasteiger partial charge on any atom is -0.0622 e. The van der Waals surface area contributed by atoms with E-state index in [1.54, 1.807) is 0 Å². The van der Waals surface area contributed by atoms with Gasteiger partial charge in [-0.3, -0.25) is 0 Å². The maximum absolute atomic E-state index is 2.47. The van der Waals surface area contributed by atoms with Crippen LogP contribution in [0.1, 0.15) is 46.0 Å². The van der Waals surface area contributed by atoms with Crippen molar-refractivity contribution in [3.8, 4) is 0 Å². The average molecular weight is 152 g/mol. The Morgan fingerprint density at radius 3 is 2.00 bits per heavy atom. The maximum atomic E-state index is 2.47. The van der Waals surface area contributed by atoms with Crippen molar-refractivity contribution < 1.29 is 0 Å². The SMILES string of the molecule is CC1CCCCC1C1CC1C. The van der Waals surface area contributed by atoms with Crippen LogP contribution in [-0.2, 0) is 0 Å². The van der Waals surface area contributed by atoms with Crippen LogP contribution in [0.4, 0.5) is 0 Å². The molecular weight excluding hydrogens is 132 g/mol. The van der Waals surface area contributed by atoms with Crippen molar-refractivity contribution in [2.45, 2.75) is 46.0 Å². The van der Waals surface area contributed by atoms with Gasteiger partial charge in [-0.2, -0.15) is 0 Å². The molecule has 11 heavy (non-hydrogen) atoms. The Kier molecular flexibility index (Phi) is 1.95. The molecule has 4 unspecified atom stereocenters. The second-order valence-corrected chi connectivity index (χ2v) is 4.80. The van der Waals surface area contributed by atoms with Gasteiger partial charge in [-0.05, 0) is 36.5 Å². The van der Waals surface area contributed by atoms with Gasteiger partial charge in [0.15, 0.2) is 0 Å². The van der Waals surface area contributed by atoms with Crippen LogP contribution in [-0.4, -0.2) is 0 Å². The van der Waals surface area contributed by atoms with E-state index in [1.807, 2.05) is 0 Å². The Balaban J connectivity index is 1.90. The van der Waals surface area contributed by atoms with Gasteiger partial charge < -0.3 is 0 Å². The molecule has 0 saturated heterocycles. The van der Waals surface area contributed by atoms with Crippen LogP contribution >= 0.6 is 0 Å². The molecule has 0 aromatic rings. The molecule has 4 atom stereocenters. The lowest BCUT2D eigenvalue weighted by Gasteiger charge is -2.28. The van der Waals surface area contributed by atoms with Crippen LogP contribution in [0.25, 0.3) is 0 Å². The molecule has 0 aliphatic heterocycles. The standard InChI is InChI=1S/C11H20/c1-8-5-3-4-6-10(8)11-7-9(11)2/h8-11H,3-7H2,1-2H3. The molecule has 0 aromatic heterocycles. The molecule has 0 heteroatoms. The van der Waals surface area contributed by atoms with E-state index in [-0.39, 0.29) is 0 Å². The second kappa shape index (κ2) is 2.80. The van der Waals surface area contributed by atoms with Crippen molar-refractivity contribution in [1.82, 2.24) is 0 Å². The molecule has 0 amide bonds. The predicted molar refractivity (Wildman–Crippen MR) is 48.4 cm³/mol. The molecule has 0 spiro atoms. The molecule has 0 nitrogen and oxygen atoms in total. The van der Waals surface area contributed by atoms with E-state index < -0.39 is 0 Å².